The van der Waals surface area contributed by atoms with E-state index in [4.69, 9.17) is 0 Å². The van der Waals surface area contributed by atoms with Gasteiger partial charge in [0.15, 0.2) is 0 Å². The summed E-state index contributed by atoms with van der Waals surface area (Å²) in [7, 11) is 0. The van der Waals surface area contributed by atoms with Crippen molar-refractivity contribution in [1.82, 2.24) is 4.90 Å². The molecule has 1 amide bonds. The average Bonchev–Trinajstić information content (AvgIpc) is 2.61. The van der Waals surface area contributed by atoms with Crippen LogP contribution in [-0.2, 0) is 11.3 Å². The van der Waals surface area contributed by atoms with Crippen molar-refractivity contribution in [2.75, 3.05) is 18.4 Å². The van der Waals surface area contributed by atoms with Crippen molar-refractivity contribution >= 4 is 11.6 Å². The van der Waals surface area contributed by atoms with Crippen molar-refractivity contribution < 1.29 is 9.18 Å². The van der Waals surface area contributed by atoms with Gasteiger partial charge in [-0.25, -0.2) is 4.39 Å². The van der Waals surface area contributed by atoms with E-state index in [0.29, 0.717) is 6.54 Å². The van der Waals surface area contributed by atoms with Gasteiger partial charge in [-0.3, -0.25) is 9.69 Å². The van der Waals surface area contributed by atoms with E-state index in [2.05, 4.69) is 10.2 Å². The Balaban J connectivity index is 1.54. The summed E-state index contributed by atoms with van der Waals surface area (Å²) >= 11 is 0. The first-order chi connectivity index (χ1) is 12.0. The molecular formula is C21H25FN2O. The maximum Gasteiger partial charge on any atom is 0.227 e. The minimum atomic E-state index is -0.155. The number of halogens is 1. The van der Waals surface area contributed by atoms with Crippen LogP contribution >= 0.6 is 0 Å². The zero-order valence-electron chi connectivity index (χ0n) is 14.9. The third-order valence-electron chi connectivity index (χ3n) is 5.17. The third-order valence-corrected chi connectivity index (χ3v) is 5.17. The second-order valence-corrected chi connectivity index (χ2v) is 6.88. The molecule has 2 aromatic rings. The topological polar surface area (TPSA) is 32.3 Å². The van der Waals surface area contributed by atoms with Crippen LogP contribution in [0.25, 0.3) is 0 Å². The molecule has 1 fully saturated rings. The van der Waals surface area contributed by atoms with Crippen LogP contribution in [0.2, 0.25) is 0 Å². The fraction of sp³-hybridized carbons (Fsp3) is 0.381. The molecule has 3 rings (SSSR count). The van der Waals surface area contributed by atoms with E-state index in [1.54, 1.807) is 6.07 Å². The summed E-state index contributed by atoms with van der Waals surface area (Å²) in [5.74, 6) is -0.0340. The number of hydrogen-bond donors (Lipinski definition) is 1. The number of rotatable bonds is 4. The highest BCUT2D eigenvalue weighted by Gasteiger charge is 2.25. The molecule has 1 N–H and O–H groups in total. The maximum atomic E-state index is 13.8. The van der Waals surface area contributed by atoms with Crippen LogP contribution in [0, 0.1) is 25.6 Å². The minimum absolute atomic E-state index is 0.0248. The van der Waals surface area contributed by atoms with E-state index >= 15 is 0 Å². The van der Waals surface area contributed by atoms with E-state index in [1.807, 2.05) is 44.2 Å². The molecule has 25 heavy (non-hydrogen) atoms. The summed E-state index contributed by atoms with van der Waals surface area (Å²) in [6.45, 7) is 6.32. The van der Waals surface area contributed by atoms with Gasteiger partial charge in [-0.15, -0.1) is 0 Å². The van der Waals surface area contributed by atoms with Gasteiger partial charge in [0.2, 0.25) is 5.91 Å². The Morgan fingerprint density at radius 2 is 1.84 bits per heavy atom. The number of carbonyl (C=O) groups is 1. The van der Waals surface area contributed by atoms with Gasteiger partial charge in [0.25, 0.3) is 0 Å². The normalized spacial score (nSPS) is 16.0. The number of aryl methyl sites for hydroxylation is 1. The summed E-state index contributed by atoms with van der Waals surface area (Å²) in [6, 6.07) is 12.9. The van der Waals surface area contributed by atoms with Gasteiger partial charge in [0, 0.05) is 23.7 Å². The highest BCUT2D eigenvalue weighted by atomic mass is 19.1. The van der Waals surface area contributed by atoms with Crippen LogP contribution in [-0.4, -0.2) is 23.9 Å². The Kier molecular flexibility index (Phi) is 5.49. The maximum absolute atomic E-state index is 13.8. The monoisotopic (exact) mass is 340 g/mol. The number of likely N-dealkylation sites (tertiary alicyclic amines) is 1. The molecule has 3 nitrogen and oxygen atoms in total. The van der Waals surface area contributed by atoms with Crippen LogP contribution in [0.3, 0.4) is 0 Å². The molecule has 0 atom stereocenters. The van der Waals surface area contributed by atoms with Crippen molar-refractivity contribution in [3.05, 3.63) is 65.0 Å². The Morgan fingerprint density at radius 3 is 2.56 bits per heavy atom. The molecule has 0 spiro atoms. The van der Waals surface area contributed by atoms with E-state index in [9.17, 15) is 9.18 Å². The number of piperidine rings is 1. The summed E-state index contributed by atoms with van der Waals surface area (Å²) in [5.41, 5.74) is 3.92. The number of anilines is 1. The summed E-state index contributed by atoms with van der Waals surface area (Å²) in [6.07, 6.45) is 1.62. The van der Waals surface area contributed by atoms with E-state index in [0.717, 1.165) is 42.7 Å². The van der Waals surface area contributed by atoms with Crippen molar-refractivity contribution in [3.8, 4) is 0 Å². The predicted molar refractivity (Wildman–Crippen MR) is 98.9 cm³/mol. The summed E-state index contributed by atoms with van der Waals surface area (Å²) in [5, 5.41) is 3.08. The van der Waals surface area contributed by atoms with Crippen LogP contribution in [0.4, 0.5) is 10.1 Å². The lowest BCUT2D eigenvalue weighted by atomic mass is 9.95. The average molecular weight is 340 g/mol. The van der Waals surface area contributed by atoms with Crippen LogP contribution in [0.5, 0.6) is 0 Å². The van der Waals surface area contributed by atoms with Gasteiger partial charge in [-0.2, -0.15) is 0 Å². The van der Waals surface area contributed by atoms with Crippen LogP contribution in [0.15, 0.2) is 42.5 Å². The smallest absolute Gasteiger partial charge is 0.227 e. The van der Waals surface area contributed by atoms with E-state index in [-0.39, 0.29) is 17.6 Å². The zero-order chi connectivity index (χ0) is 17.8. The van der Waals surface area contributed by atoms with Crippen molar-refractivity contribution in [2.24, 2.45) is 5.92 Å². The highest BCUT2D eigenvalue weighted by Crippen LogP contribution is 2.23. The SMILES string of the molecule is Cc1cccc(NC(=O)C2CCN(Cc3ccccc3F)CC2)c1C. The first-order valence-electron chi connectivity index (χ1n) is 8.87. The second kappa shape index (κ2) is 7.79. The van der Waals surface area contributed by atoms with Gasteiger partial charge >= 0.3 is 0 Å². The first-order valence-corrected chi connectivity index (χ1v) is 8.87. The van der Waals surface area contributed by atoms with Gasteiger partial charge in [0.05, 0.1) is 0 Å². The van der Waals surface area contributed by atoms with E-state index in [1.165, 1.54) is 11.6 Å². The minimum Gasteiger partial charge on any atom is -0.326 e. The lowest BCUT2D eigenvalue weighted by molar-refractivity contribution is -0.121. The lowest BCUT2D eigenvalue weighted by Gasteiger charge is -2.31. The molecule has 0 radical (unpaired) electrons. The summed E-state index contributed by atoms with van der Waals surface area (Å²) in [4.78, 5) is 14.8. The van der Waals surface area contributed by atoms with Gasteiger partial charge in [-0.05, 0) is 63.0 Å². The van der Waals surface area contributed by atoms with Gasteiger partial charge in [0.1, 0.15) is 5.82 Å². The Hall–Kier alpha value is -2.20. The molecule has 1 saturated heterocycles. The molecular weight excluding hydrogens is 315 g/mol. The molecule has 132 valence electrons. The fourth-order valence-electron chi connectivity index (χ4n) is 3.34. The third kappa shape index (κ3) is 4.26. The molecule has 2 aromatic carbocycles. The van der Waals surface area contributed by atoms with Crippen LogP contribution in [0.1, 0.15) is 29.5 Å². The Bertz CT molecular complexity index is 751. The number of hydrogen-bond acceptors (Lipinski definition) is 2. The number of carbonyl (C=O) groups excluding carboxylic acids is 1. The quantitative estimate of drug-likeness (QED) is 0.900. The molecule has 1 aliphatic rings. The fourth-order valence-corrected chi connectivity index (χ4v) is 3.34. The zero-order valence-corrected chi connectivity index (χ0v) is 14.9. The predicted octanol–water partition coefficient (Wildman–Crippen LogP) is 4.29. The number of amides is 1. The van der Waals surface area contributed by atoms with Gasteiger partial charge < -0.3 is 5.32 Å². The Morgan fingerprint density at radius 1 is 1.12 bits per heavy atom. The standard InChI is InChI=1S/C21H25FN2O/c1-15-6-5-9-20(16(15)2)23-21(25)17-10-12-24(13-11-17)14-18-7-3-4-8-19(18)22/h3-9,17H,10-14H2,1-2H3,(H,23,25). The molecule has 0 bridgehead atoms. The van der Waals surface area contributed by atoms with Crippen molar-refractivity contribution in [3.63, 3.8) is 0 Å². The Labute approximate surface area is 148 Å². The van der Waals surface area contributed by atoms with Gasteiger partial charge in [-0.1, -0.05) is 30.3 Å². The molecule has 1 heterocycles. The van der Waals surface area contributed by atoms with Crippen LogP contribution < -0.4 is 5.32 Å². The van der Waals surface area contributed by atoms with Crippen molar-refractivity contribution in [1.29, 1.82) is 0 Å². The highest BCUT2D eigenvalue weighted by molar-refractivity contribution is 5.93. The molecule has 4 heteroatoms. The molecule has 0 saturated carbocycles. The molecule has 0 aromatic heterocycles. The molecule has 1 aliphatic heterocycles. The number of nitrogens with zero attached hydrogens (tertiary/aromatic N) is 1. The lowest BCUT2D eigenvalue weighted by Crippen LogP contribution is -2.38. The van der Waals surface area contributed by atoms with Crippen molar-refractivity contribution in [2.45, 2.75) is 33.2 Å². The molecule has 0 unspecified atom stereocenters. The second-order valence-electron chi connectivity index (χ2n) is 6.88. The molecule has 0 aliphatic carbocycles. The largest absolute Gasteiger partial charge is 0.326 e. The summed E-state index contributed by atoms with van der Waals surface area (Å²) < 4.78 is 13.8. The first kappa shape index (κ1) is 17.6. The van der Waals surface area contributed by atoms with E-state index < -0.39 is 0 Å². The number of benzene rings is 2. The number of nitrogens with one attached hydrogen (secondary N) is 1.